The number of carbonyl (C=O) groups is 1. The molecule has 88 valence electrons. The minimum Gasteiger partial charge on any atom is -0.322 e. The predicted molar refractivity (Wildman–Crippen MR) is 74.2 cm³/mol. The lowest BCUT2D eigenvalue weighted by Gasteiger charge is -2.01. The summed E-state index contributed by atoms with van der Waals surface area (Å²) in [5.41, 5.74) is 3.90. The number of terminal acetylenes is 1. The topological polar surface area (TPSA) is 42.0 Å². The maximum atomic E-state index is 11.6. The molecule has 0 spiro atoms. The first-order chi connectivity index (χ1) is 8.78. The summed E-state index contributed by atoms with van der Waals surface area (Å²) in [6.45, 7) is 0. The number of hydrogen-bond acceptors (Lipinski definition) is 3. The first kappa shape index (κ1) is 12.1. The van der Waals surface area contributed by atoms with Crippen molar-refractivity contribution in [2.45, 2.75) is 0 Å². The van der Waals surface area contributed by atoms with E-state index in [0.717, 1.165) is 11.3 Å². The molecular formula is C14H10N2OS. The summed E-state index contributed by atoms with van der Waals surface area (Å²) in [5.74, 6) is 2.31. The summed E-state index contributed by atoms with van der Waals surface area (Å²) in [4.78, 5) is 15.7. The van der Waals surface area contributed by atoms with Crippen molar-refractivity contribution in [1.29, 1.82) is 0 Å². The fraction of sp³-hybridized carbons (Fsp3) is 0. The molecule has 0 aliphatic carbocycles. The van der Waals surface area contributed by atoms with Gasteiger partial charge in [-0.15, -0.1) is 17.8 Å². The van der Waals surface area contributed by atoms with Crippen LogP contribution in [-0.2, 0) is 4.79 Å². The fourth-order valence-electron chi connectivity index (χ4n) is 1.34. The molecule has 2 aromatic rings. The number of nitrogens with one attached hydrogen (secondary N) is 1. The van der Waals surface area contributed by atoms with Gasteiger partial charge in [0.2, 0.25) is 5.91 Å². The number of hydrogen-bond donors (Lipinski definition) is 1. The number of nitrogens with zero attached hydrogens (tertiary/aromatic N) is 1. The molecule has 0 radical (unpaired) electrons. The quantitative estimate of drug-likeness (QED) is 0.676. The average Bonchev–Trinajstić information content (AvgIpc) is 2.90. The van der Waals surface area contributed by atoms with Gasteiger partial charge >= 0.3 is 0 Å². The summed E-state index contributed by atoms with van der Waals surface area (Å²) in [6, 6.07) is 7.14. The molecule has 1 N–H and O–H groups in total. The Bertz CT molecular complexity index is 609. The van der Waals surface area contributed by atoms with Crippen LogP contribution >= 0.6 is 11.3 Å². The van der Waals surface area contributed by atoms with Crippen LogP contribution in [0, 0.1) is 12.3 Å². The Balaban J connectivity index is 2.01. The van der Waals surface area contributed by atoms with E-state index in [2.05, 4.69) is 16.2 Å². The van der Waals surface area contributed by atoms with Crippen molar-refractivity contribution in [2.24, 2.45) is 0 Å². The van der Waals surface area contributed by atoms with Crippen LogP contribution in [0.25, 0.3) is 6.08 Å². The van der Waals surface area contributed by atoms with Crippen molar-refractivity contribution in [3.63, 3.8) is 0 Å². The molecule has 1 heterocycles. The van der Waals surface area contributed by atoms with Gasteiger partial charge in [-0.1, -0.05) is 12.0 Å². The van der Waals surface area contributed by atoms with Gasteiger partial charge in [0.25, 0.3) is 0 Å². The van der Waals surface area contributed by atoms with Gasteiger partial charge < -0.3 is 5.32 Å². The third-order valence-corrected chi connectivity index (χ3v) is 2.76. The zero-order chi connectivity index (χ0) is 12.8. The van der Waals surface area contributed by atoms with Crippen LogP contribution < -0.4 is 5.32 Å². The molecule has 0 atom stereocenters. The second-order valence-corrected chi connectivity index (χ2v) is 4.18. The van der Waals surface area contributed by atoms with Crippen LogP contribution in [0.1, 0.15) is 11.3 Å². The molecule has 0 unspecified atom stereocenters. The van der Waals surface area contributed by atoms with E-state index in [4.69, 9.17) is 6.42 Å². The summed E-state index contributed by atoms with van der Waals surface area (Å²) in [5, 5.41) is 4.60. The monoisotopic (exact) mass is 254 g/mol. The van der Waals surface area contributed by atoms with Gasteiger partial charge in [-0.25, -0.2) is 4.98 Å². The van der Waals surface area contributed by atoms with E-state index < -0.39 is 0 Å². The summed E-state index contributed by atoms with van der Waals surface area (Å²) in [6.07, 6.45) is 8.39. The summed E-state index contributed by atoms with van der Waals surface area (Å²) in [7, 11) is 0. The Hall–Kier alpha value is -2.38. The van der Waals surface area contributed by atoms with Crippen molar-refractivity contribution in [3.8, 4) is 12.3 Å². The van der Waals surface area contributed by atoms with Crippen LogP contribution in [0.2, 0.25) is 0 Å². The van der Waals surface area contributed by atoms with Gasteiger partial charge in [0.15, 0.2) is 0 Å². The maximum absolute atomic E-state index is 11.6. The molecule has 2 rings (SSSR count). The Kier molecular flexibility index (Phi) is 3.90. The van der Waals surface area contributed by atoms with Crippen molar-refractivity contribution < 1.29 is 4.79 Å². The lowest BCUT2D eigenvalue weighted by molar-refractivity contribution is -0.111. The van der Waals surface area contributed by atoms with E-state index in [1.165, 1.54) is 17.4 Å². The van der Waals surface area contributed by atoms with E-state index in [-0.39, 0.29) is 5.91 Å². The second-order valence-electron chi connectivity index (χ2n) is 3.46. The minimum atomic E-state index is -0.211. The fourth-order valence-corrected chi connectivity index (χ4v) is 1.86. The molecular weight excluding hydrogens is 244 g/mol. The molecule has 1 aromatic heterocycles. The van der Waals surface area contributed by atoms with Crippen LogP contribution in [-0.4, -0.2) is 10.9 Å². The van der Waals surface area contributed by atoms with Crippen LogP contribution in [0.5, 0.6) is 0 Å². The molecule has 3 nitrogen and oxygen atoms in total. The Morgan fingerprint density at radius 1 is 1.50 bits per heavy atom. The Morgan fingerprint density at radius 2 is 2.39 bits per heavy atom. The Labute approximate surface area is 109 Å². The first-order valence-electron chi connectivity index (χ1n) is 5.22. The van der Waals surface area contributed by atoms with Crippen molar-refractivity contribution in [3.05, 3.63) is 52.5 Å². The molecule has 0 aliphatic rings. The van der Waals surface area contributed by atoms with E-state index >= 15 is 0 Å². The lowest BCUT2D eigenvalue weighted by Crippen LogP contribution is -2.07. The molecule has 18 heavy (non-hydrogen) atoms. The molecule has 0 saturated heterocycles. The number of anilines is 1. The van der Waals surface area contributed by atoms with E-state index in [0.29, 0.717) is 5.69 Å². The van der Waals surface area contributed by atoms with Crippen LogP contribution in [0.3, 0.4) is 0 Å². The highest BCUT2D eigenvalue weighted by Crippen LogP contribution is 2.10. The van der Waals surface area contributed by atoms with Gasteiger partial charge in [-0.3, -0.25) is 4.79 Å². The molecule has 0 saturated carbocycles. The van der Waals surface area contributed by atoms with Gasteiger partial charge in [0, 0.05) is 22.7 Å². The van der Waals surface area contributed by atoms with Crippen molar-refractivity contribution >= 4 is 29.0 Å². The molecule has 1 amide bonds. The zero-order valence-corrected chi connectivity index (χ0v) is 10.3. The molecule has 0 bridgehead atoms. The second kappa shape index (κ2) is 5.80. The van der Waals surface area contributed by atoms with Gasteiger partial charge in [0.05, 0.1) is 11.2 Å². The smallest absolute Gasteiger partial charge is 0.248 e. The summed E-state index contributed by atoms with van der Waals surface area (Å²) >= 11 is 1.48. The highest BCUT2D eigenvalue weighted by atomic mass is 32.1. The normalized spacial score (nSPS) is 10.2. The molecule has 4 heteroatoms. The molecule has 0 aliphatic heterocycles. The maximum Gasteiger partial charge on any atom is 0.248 e. The number of rotatable bonds is 3. The number of thiazole rings is 1. The highest BCUT2D eigenvalue weighted by Gasteiger charge is 1.98. The minimum absolute atomic E-state index is 0.211. The Morgan fingerprint density at radius 3 is 3.11 bits per heavy atom. The third-order valence-electron chi connectivity index (χ3n) is 2.15. The van der Waals surface area contributed by atoms with Gasteiger partial charge in [-0.2, -0.15) is 0 Å². The van der Waals surface area contributed by atoms with E-state index in [1.807, 2.05) is 5.38 Å². The lowest BCUT2D eigenvalue weighted by atomic mass is 10.2. The van der Waals surface area contributed by atoms with Crippen molar-refractivity contribution in [1.82, 2.24) is 4.98 Å². The predicted octanol–water partition coefficient (Wildman–Crippen LogP) is 2.78. The number of amides is 1. The van der Waals surface area contributed by atoms with Gasteiger partial charge in [0.1, 0.15) is 0 Å². The highest BCUT2D eigenvalue weighted by molar-refractivity contribution is 7.07. The van der Waals surface area contributed by atoms with E-state index in [9.17, 15) is 4.79 Å². The van der Waals surface area contributed by atoms with Crippen LogP contribution in [0.4, 0.5) is 5.69 Å². The molecule has 1 aromatic carbocycles. The van der Waals surface area contributed by atoms with Crippen molar-refractivity contribution in [2.75, 3.05) is 5.32 Å². The standard InChI is InChI=1S/C14H10N2OS/c1-2-11-4-3-5-12(8-11)16-14(17)7-6-13-9-18-10-15-13/h1,3-10H,(H,16,17)/b7-6+. The summed E-state index contributed by atoms with van der Waals surface area (Å²) < 4.78 is 0. The largest absolute Gasteiger partial charge is 0.322 e. The number of benzene rings is 1. The van der Waals surface area contributed by atoms with Crippen LogP contribution in [0.15, 0.2) is 41.2 Å². The number of aromatic nitrogens is 1. The number of carbonyl (C=O) groups excluding carboxylic acids is 1. The zero-order valence-electron chi connectivity index (χ0n) is 9.46. The first-order valence-corrected chi connectivity index (χ1v) is 6.16. The molecule has 0 fully saturated rings. The van der Waals surface area contributed by atoms with Gasteiger partial charge in [-0.05, 0) is 24.3 Å². The average molecular weight is 254 g/mol. The third kappa shape index (κ3) is 3.30. The van der Waals surface area contributed by atoms with E-state index in [1.54, 1.807) is 35.9 Å². The SMILES string of the molecule is C#Cc1cccc(NC(=O)/C=C/c2cscn2)c1.